The van der Waals surface area contributed by atoms with E-state index in [0.717, 1.165) is 5.52 Å². The zero-order valence-corrected chi connectivity index (χ0v) is 5.43. The van der Waals surface area contributed by atoms with Crippen molar-refractivity contribution in [2.75, 3.05) is 0 Å². The Morgan fingerprint density at radius 3 is 3.44 bits per heavy atom. The Hall–Kier alpha value is -0.765. The van der Waals surface area contributed by atoms with Gasteiger partial charge < -0.3 is 0 Å². The molecule has 2 aromatic heterocycles. The van der Waals surface area contributed by atoms with E-state index in [1.165, 1.54) is 4.70 Å². The predicted molar refractivity (Wildman–Crippen MR) is 38.8 cm³/mol. The number of hydrogen-bond donors (Lipinski definition) is 0. The van der Waals surface area contributed by atoms with Crippen molar-refractivity contribution in [3.63, 3.8) is 0 Å². The van der Waals surface area contributed by atoms with Crippen LogP contribution in [-0.4, -0.2) is 17.2 Å². The monoisotopic (exact) mass is 134 g/mol. The molecule has 0 aliphatic carbocycles. The van der Waals surface area contributed by atoms with Gasteiger partial charge in [-0.1, -0.05) is 0 Å². The van der Waals surface area contributed by atoms with Crippen LogP contribution >= 0.6 is 11.3 Å². The van der Waals surface area contributed by atoms with E-state index in [9.17, 15) is 0 Å². The number of aromatic nitrogens is 2. The first-order valence-electron chi connectivity index (χ1n) is 2.62. The van der Waals surface area contributed by atoms with Gasteiger partial charge in [0.25, 0.3) is 0 Å². The van der Waals surface area contributed by atoms with Crippen molar-refractivity contribution < 1.29 is 0 Å². The van der Waals surface area contributed by atoms with Crippen LogP contribution in [0.5, 0.6) is 0 Å². The molecule has 9 heavy (non-hydrogen) atoms. The molecular formula is C5H3BN2S. The van der Waals surface area contributed by atoms with Gasteiger partial charge in [-0.15, -0.1) is 0 Å². The summed E-state index contributed by atoms with van der Waals surface area (Å²) in [5.74, 6) is 1.97. The third-order valence-corrected chi connectivity index (χ3v) is 2.00. The molecule has 4 heteroatoms. The first-order chi connectivity index (χ1) is 4.47. The normalized spacial score (nSPS) is 9.78. The summed E-state index contributed by atoms with van der Waals surface area (Å²) in [5, 5.41) is 9.66. The van der Waals surface area contributed by atoms with Crippen molar-refractivity contribution in [3.05, 3.63) is 17.4 Å². The Kier molecular flexibility index (Phi) is 1.06. The molecule has 0 saturated carbocycles. The van der Waals surface area contributed by atoms with Crippen molar-refractivity contribution >= 4 is 28.6 Å². The number of fused-ring (bicyclic) bond motifs is 1. The van der Waals surface area contributed by atoms with Crippen LogP contribution in [0.3, 0.4) is 0 Å². The van der Waals surface area contributed by atoms with Crippen LogP contribution in [0.4, 0.5) is 0 Å². The van der Waals surface area contributed by atoms with Crippen molar-refractivity contribution in [1.29, 1.82) is 0 Å². The van der Waals surface area contributed by atoms with Gasteiger partial charge in [0.1, 0.15) is 0 Å². The summed E-state index contributed by atoms with van der Waals surface area (Å²) < 4.78 is 1.20. The van der Waals surface area contributed by atoms with Crippen LogP contribution in [0.15, 0.2) is 17.4 Å². The van der Waals surface area contributed by atoms with Crippen LogP contribution in [0.2, 0.25) is 0 Å². The summed E-state index contributed by atoms with van der Waals surface area (Å²) >= 11 is 1.68. The number of thiophene rings is 1. The molecule has 0 unspecified atom stereocenters. The second-order valence-electron chi connectivity index (χ2n) is 1.70. The summed E-state index contributed by atoms with van der Waals surface area (Å²) in [6.45, 7) is 0. The molecule has 0 atom stereocenters. The molecule has 0 saturated heterocycles. The number of rotatable bonds is 0. The number of hydrogen-bond acceptors (Lipinski definition) is 3. The summed E-state index contributed by atoms with van der Waals surface area (Å²) in [7, 11) is 1.71. The molecule has 0 amide bonds. The molecule has 0 aliphatic heterocycles. The van der Waals surface area contributed by atoms with E-state index >= 15 is 0 Å². The Balaban J connectivity index is 2.95. The zero-order valence-electron chi connectivity index (χ0n) is 4.61. The van der Waals surface area contributed by atoms with E-state index in [0.29, 0.717) is 0 Å². The van der Waals surface area contributed by atoms with Gasteiger partial charge in [-0.25, -0.2) is 0 Å². The van der Waals surface area contributed by atoms with Gasteiger partial charge in [0.2, 0.25) is 0 Å². The molecule has 0 radical (unpaired) electrons. The zero-order chi connectivity index (χ0) is 6.10. The Morgan fingerprint density at radius 1 is 1.56 bits per heavy atom. The topological polar surface area (TPSA) is 25.8 Å². The van der Waals surface area contributed by atoms with Crippen LogP contribution < -0.4 is 0 Å². The molecule has 0 bridgehead atoms. The fourth-order valence-electron chi connectivity index (χ4n) is 0.718. The second kappa shape index (κ2) is 1.88. The van der Waals surface area contributed by atoms with E-state index in [1.54, 1.807) is 18.4 Å². The first-order valence-corrected chi connectivity index (χ1v) is 3.50. The molecule has 0 N–H and O–H groups in total. The third kappa shape index (κ3) is 0.752. The van der Waals surface area contributed by atoms with Gasteiger partial charge in [-0.3, -0.25) is 0 Å². The predicted octanol–water partition coefficient (Wildman–Crippen LogP) is 1.03. The molecule has 2 rings (SSSR count). The first kappa shape index (κ1) is 5.05. The Bertz CT molecular complexity index is 289. The van der Waals surface area contributed by atoms with Crippen molar-refractivity contribution in [2.45, 2.75) is 0 Å². The summed E-state index contributed by atoms with van der Waals surface area (Å²) in [4.78, 5) is 0. The van der Waals surface area contributed by atoms with Gasteiger partial charge in [-0.2, -0.15) is 0 Å². The van der Waals surface area contributed by atoms with Crippen molar-refractivity contribution in [1.82, 2.24) is 10.1 Å². The molecule has 0 fully saturated rings. The van der Waals surface area contributed by atoms with Gasteiger partial charge >= 0.3 is 56.1 Å². The minimum atomic E-state index is 0.988. The maximum absolute atomic E-state index is 3.90. The van der Waals surface area contributed by atoms with Crippen LogP contribution in [0.25, 0.3) is 10.2 Å². The van der Waals surface area contributed by atoms with Crippen molar-refractivity contribution in [3.8, 4) is 0 Å². The van der Waals surface area contributed by atoms with Crippen molar-refractivity contribution in [2.24, 2.45) is 0 Å². The van der Waals surface area contributed by atoms with Gasteiger partial charge in [0.05, 0.1) is 0 Å². The number of nitrogens with zero attached hydrogens (tertiary/aromatic N) is 2. The molecule has 42 valence electrons. The molecule has 0 spiro atoms. The average Bonchev–Trinajstić information content (AvgIpc) is 2.33. The van der Waals surface area contributed by atoms with Crippen LogP contribution in [0.1, 0.15) is 0 Å². The van der Waals surface area contributed by atoms with Gasteiger partial charge in [0, 0.05) is 0 Å². The fraction of sp³-hybridized carbons (Fsp3) is 0. The summed E-state index contributed by atoms with van der Waals surface area (Å²) in [6.07, 6.45) is 0. The Labute approximate surface area is 56.8 Å². The summed E-state index contributed by atoms with van der Waals surface area (Å²) in [6, 6.07) is 1.97. The fourth-order valence-corrected chi connectivity index (χ4v) is 1.43. The molecule has 0 aromatic carbocycles. The molecule has 2 aromatic rings. The average molecular weight is 134 g/mol. The Morgan fingerprint density at radius 2 is 2.56 bits per heavy atom. The van der Waals surface area contributed by atoms with Gasteiger partial charge in [0.15, 0.2) is 0 Å². The van der Waals surface area contributed by atoms with Crippen LogP contribution in [0, 0.1) is 0 Å². The van der Waals surface area contributed by atoms with E-state index < -0.39 is 0 Å². The van der Waals surface area contributed by atoms with Gasteiger partial charge in [-0.05, 0) is 0 Å². The van der Waals surface area contributed by atoms with E-state index in [4.69, 9.17) is 0 Å². The maximum atomic E-state index is 3.90. The van der Waals surface area contributed by atoms with Crippen LogP contribution in [-0.2, 0) is 0 Å². The third-order valence-electron chi connectivity index (χ3n) is 1.13. The van der Waals surface area contributed by atoms with E-state index in [1.807, 2.05) is 17.4 Å². The minimum absolute atomic E-state index is 0.988. The SMILES string of the molecule is b1cc2sccc2nn1. The quantitative estimate of drug-likeness (QED) is 0.537. The summed E-state index contributed by atoms with van der Waals surface area (Å²) in [5.41, 5.74) is 0.988. The molecule has 0 aliphatic rings. The second-order valence-corrected chi connectivity index (χ2v) is 2.65. The molecular weight excluding hydrogens is 131 g/mol. The van der Waals surface area contributed by atoms with E-state index in [-0.39, 0.29) is 0 Å². The standard InChI is InChI=1S/C5H3BN2S/c1-2-9-5-3-6-8-7-4(1)5/h1-3H. The molecule has 2 nitrogen and oxygen atoms in total. The molecule has 2 heterocycles. The van der Waals surface area contributed by atoms with E-state index in [2.05, 4.69) is 10.1 Å².